The van der Waals surface area contributed by atoms with Crippen molar-refractivity contribution in [3.63, 3.8) is 0 Å². The van der Waals surface area contributed by atoms with Gasteiger partial charge in [0, 0.05) is 23.2 Å². The molecule has 2 aromatic carbocycles. The van der Waals surface area contributed by atoms with E-state index in [0.29, 0.717) is 23.6 Å². The van der Waals surface area contributed by atoms with Crippen molar-refractivity contribution in [2.24, 2.45) is 0 Å². The summed E-state index contributed by atoms with van der Waals surface area (Å²) in [5.74, 6) is 0.952. The van der Waals surface area contributed by atoms with Crippen LogP contribution in [0.2, 0.25) is 0 Å². The summed E-state index contributed by atoms with van der Waals surface area (Å²) >= 11 is 0. The first-order chi connectivity index (χ1) is 14.5. The van der Waals surface area contributed by atoms with E-state index in [-0.39, 0.29) is 5.91 Å². The first-order valence-electron chi connectivity index (χ1n) is 10.2. The molecule has 0 aliphatic carbocycles. The zero-order valence-electron chi connectivity index (χ0n) is 17.6. The molecule has 0 saturated carbocycles. The maximum Gasteiger partial charge on any atom is 0.336 e. The number of unbranched alkanes of at least 4 members (excludes halogenated alkanes) is 2. The van der Waals surface area contributed by atoms with Gasteiger partial charge in [-0.05, 0) is 62.2 Å². The highest BCUT2D eigenvalue weighted by molar-refractivity contribution is 5.94. The number of amides is 1. The van der Waals surface area contributed by atoms with E-state index in [9.17, 15) is 9.59 Å². The fourth-order valence-corrected chi connectivity index (χ4v) is 3.06. The molecular weight excluding hydrogens is 382 g/mol. The van der Waals surface area contributed by atoms with Crippen molar-refractivity contribution >= 4 is 22.6 Å². The van der Waals surface area contributed by atoms with E-state index in [4.69, 9.17) is 13.9 Å². The number of benzene rings is 2. The molecule has 6 nitrogen and oxygen atoms in total. The quantitative estimate of drug-likeness (QED) is 0.394. The van der Waals surface area contributed by atoms with E-state index in [1.165, 1.54) is 6.07 Å². The number of nitrogens with one attached hydrogen (secondary N) is 1. The van der Waals surface area contributed by atoms with Crippen LogP contribution in [-0.2, 0) is 4.79 Å². The first-order valence-corrected chi connectivity index (χ1v) is 10.2. The second kappa shape index (κ2) is 9.96. The van der Waals surface area contributed by atoms with Gasteiger partial charge in [-0.15, -0.1) is 0 Å². The average molecular weight is 409 g/mol. The van der Waals surface area contributed by atoms with Gasteiger partial charge < -0.3 is 19.2 Å². The van der Waals surface area contributed by atoms with Crippen molar-refractivity contribution in [3.8, 4) is 11.5 Å². The minimum Gasteiger partial charge on any atom is -0.494 e. The van der Waals surface area contributed by atoms with Crippen LogP contribution in [0.4, 0.5) is 5.69 Å². The molecule has 30 heavy (non-hydrogen) atoms. The van der Waals surface area contributed by atoms with E-state index in [1.807, 2.05) is 25.1 Å². The third-order valence-corrected chi connectivity index (χ3v) is 4.74. The summed E-state index contributed by atoms with van der Waals surface area (Å²) in [6.07, 6.45) is 2.60. The first kappa shape index (κ1) is 21.4. The Morgan fingerprint density at radius 1 is 1.07 bits per heavy atom. The summed E-state index contributed by atoms with van der Waals surface area (Å²) in [5, 5.41) is 3.66. The highest BCUT2D eigenvalue weighted by atomic mass is 16.5. The van der Waals surface area contributed by atoms with Gasteiger partial charge in [0.05, 0.1) is 6.61 Å². The topological polar surface area (TPSA) is 77.8 Å². The number of aryl methyl sites for hydroxylation is 1. The van der Waals surface area contributed by atoms with Gasteiger partial charge >= 0.3 is 5.63 Å². The lowest BCUT2D eigenvalue weighted by Gasteiger charge is -2.15. The van der Waals surface area contributed by atoms with Crippen molar-refractivity contribution in [2.45, 2.75) is 46.1 Å². The number of rotatable bonds is 9. The SMILES string of the molecule is CCCCCOc1ccc(NC(=O)C(C)Oc2ccc3c(C)cc(=O)oc3c2)cc1. The van der Waals surface area contributed by atoms with Crippen molar-refractivity contribution in [2.75, 3.05) is 11.9 Å². The van der Waals surface area contributed by atoms with Gasteiger partial charge in [-0.2, -0.15) is 0 Å². The fourth-order valence-electron chi connectivity index (χ4n) is 3.06. The van der Waals surface area contributed by atoms with E-state index in [2.05, 4.69) is 12.2 Å². The predicted octanol–water partition coefficient (Wildman–Crippen LogP) is 5.08. The number of hydrogen-bond donors (Lipinski definition) is 1. The van der Waals surface area contributed by atoms with Crippen LogP contribution < -0.4 is 20.4 Å². The Labute approximate surface area is 175 Å². The molecule has 1 aromatic heterocycles. The number of carbonyl (C=O) groups is 1. The number of anilines is 1. The fraction of sp³-hybridized carbons (Fsp3) is 0.333. The van der Waals surface area contributed by atoms with Crippen LogP contribution in [0.1, 0.15) is 38.7 Å². The lowest BCUT2D eigenvalue weighted by Crippen LogP contribution is -2.30. The van der Waals surface area contributed by atoms with Crippen molar-refractivity contribution in [1.82, 2.24) is 0 Å². The maximum atomic E-state index is 12.5. The summed E-state index contributed by atoms with van der Waals surface area (Å²) in [6, 6.07) is 13.9. The Balaban J connectivity index is 1.58. The summed E-state index contributed by atoms with van der Waals surface area (Å²) < 4.78 is 16.6. The minimum atomic E-state index is -0.732. The number of ether oxygens (including phenoxy) is 2. The Morgan fingerprint density at radius 2 is 1.80 bits per heavy atom. The standard InChI is InChI=1S/C24H27NO5/c1-4-5-6-13-28-19-9-7-18(8-10-19)25-24(27)17(3)29-20-11-12-21-16(2)14-23(26)30-22(21)15-20/h7-12,14-15,17H,4-6,13H2,1-3H3,(H,25,27). The molecule has 3 aromatic rings. The molecule has 0 spiro atoms. The lowest BCUT2D eigenvalue weighted by atomic mass is 10.1. The summed E-state index contributed by atoms with van der Waals surface area (Å²) in [5.41, 5.74) is 1.51. The molecule has 1 heterocycles. The molecule has 6 heteroatoms. The molecule has 0 aliphatic heterocycles. The van der Waals surface area contributed by atoms with Crippen LogP contribution in [0.3, 0.4) is 0 Å². The highest BCUT2D eigenvalue weighted by Gasteiger charge is 2.16. The van der Waals surface area contributed by atoms with Crippen molar-refractivity contribution in [1.29, 1.82) is 0 Å². The van der Waals surface area contributed by atoms with Crippen molar-refractivity contribution < 1.29 is 18.7 Å². The average Bonchev–Trinajstić information content (AvgIpc) is 2.72. The van der Waals surface area contributed by atoms with Gasteiger partial charge in [-0.25, -0.2) is 4.79 Å². The van der Waals surface area contributed by atoms with Gasteiger partial charge in [-0.3, -0.25) is 4.79 Å². The monoisotopic (exact) mass is 409 g/mol. The van der Waals surface area contributed by atoms with E-state index < -0.39 is 11.7 Å². The van der Waals surface area contributed by atoms with E-state index in [0.717, 1.165) is 36.0 Å². The third-order valence-electron chi connectivity index (χ3n) is 4.74. The van der Waals surface area contributed by atoms with Crippen LogP contribution in [0.5, 0.6) is 11.5 Å². The second-order valence-corrected chi connectivity index (χ2v) is 7.24. The molecule has 0 saturated heterocycles. The highest BCUT2D eigenvalue weighted by Crippen LogP contribution is 2.23. The number of hydrogen-bond acceptors (Lipinski definition) is 5. The molecule has 1 atom stereocenters. The Kier molecular flexibility index (Phi) is 7.12. The van der Waals surface area contributed by atoms with Crippen LogP contribution in [0.25, 0.3) is 11.0 Å². The molecule has 1 amide bonds. The summed E-state index contributed by atoms with van der Waals surface area (Å²) in [4.78, 5) is 24.1. The summed E-state index contributed by atoms with van der Waals surface area (Å²) in [6.45, 7) is 6.35. The molecule has 158 valence electrons. The lowest BCUT2D eigenvalue weighted by molar-refractivity contribution is -0.122. The smallest absolute Gasteiger partial charge is 0.336 e. The largest absolute Gasteiger partial charge is 0.494 e. The molecule has 1 unspecified atom stereocenters. The zero-order valence-corrected chi connectivity index (χ0v) is 17.6. The van der Waals surface area contributed by atoms with Crippen LogP contribution in [0.15, 0.2) is 57.7 Å². The number of fused-ring (bicyclic) bond motifs is 1. The minimum absolute atomic E-state index is 0.280. The summed E-state index contributed by atoms with van der Waals surface area (Å²) in [7, 11) is 0. The van der Waals surface area contributed by atoms with E-state index in [1.54, 1.807) is 31.2 Å². The molecule has 3 rings (SSSR count). The normalized spacial score (nSPS) is 11.8. The van der Waals surface area contributed by atoms with Crippen LogP contribution in [0, 0.1) is 6.92 Å². The van der Waals surface area contributed by atoms with Crippen molar-refractivity contribution in [3.05, 3.63) is 64.5 Å². The van der Waals surface area contributed by atoms with Crippen LogP contribution in [-0.4, -0.2) is 18.6 Å². The van der Waals surface area contributed by atoms with Crippen LogP contribution >= 0.6 is 0 Å². The van der Waals surface area contributed by atoms with Gasteiger partial charge in [0.1, 0.15) is 17.1 Å². The Bertz CT molecular complexity index is 1060. The molecule has 1 N–H and O–H groups in total. The predicted molar refractivity (Wildman–Crippen MR) is 117 cm³/mol. The maximum absolute atomic E-state index is 12.5. The molecule has 0 aliphatic rings. The Hall–Kier alpha value is -3.28. The zero-order chi connectivity index (χ0) is 21.5. The third kappa shape index (κ3) is 5.63. The number of carbonyl (C=O) groups excluding carboxylic acids is 1. The molecule has 0 bridgehead atoms. The molecular formula is C24H27NO5. The second-order valence-electron chi connectivity index (χ2n) is 7.24. The van der Waals surface area contributed by atoms with Gasteiger partial charge in [0.15, 0.2) is 6.10 Å². The van der Waals surface area contributed by atoms with Gasteiger partial charge in [-0.1, -0.05) is 19.8 Å². The Morgan fingerprint density at radius 3 is 2.53 bits per heavy atom. The van der Waals surface area contributed by atoms with Gasteiger partial charge in [0.25, 0.3) is 5.91 Å². The van der Waals surface area contributed by atoms with E-state index >= 15 is 0 Å². The molecule has 0 fully saturated rings. The van der Waals surface area contributed by atoms with Gasteiger partial charge in [0.2, 0.25) is 0 Å². The molecule has 0 radical (unpaired) electrons.